The Labute approximate surface area is 117 Å². The Morgan fingerprint density at radius 1 is 1.45 bits per heavy atom. The van der Waals surface area contributed by atoms with Crippen molar-refractivity contribution in [2.45, 2.75) is 26.8 Å². The van der Waals surface area contributed by atoms with Gasteiger partial charge in [0.15, 0.2) is 5.82 Å². The Balaban J connectivity index is 1.85. The van der Waals surface area contributed by atoms with Crippen molar-refractivity contribution in [3.05, 3.63) is 23.7 Å². The highest BCUT2D eigenvalue weighted by Crippen LogP contribution is 2.09. The predicted molar refractivity (Wildman–Crippen MR) is 74.4 cm³/mol. The summed E-state index contributed by atoms with van der Waals surface area (Å²) in [6.45, 7) is 6.43. The van der Waals surface area contributed by atoms with Crippen LogP contribution in [0.1, 0.15) is 24.4 Å². The van der Waals surface area contributed by atoms with Gasteiger partial charge in [0.1, 0.15) is 0 Å². The minimum absolute atomic E-state index is 0.0799. The van der Waals surface area contributed by atoms with Crippen molar-refractivity contribution in [2.75, 3.05) is 11.9 Å². The van der Waals surface area contributed by atoms with Crippen molar-refractivity contribution in [1.82, 2.24) is 30.1 Å². The molecule has 8 heteroatoms. The molecule has 1 atom stereocenters. The van der Waals surface area contributed by atoms with E-state index < -0.39 is 0 Å². The highest BCUT2D eigenvalue weighted by atomic mass is 16.2. The number of rotatable bonds is 4. The molecule has 108 valence electrons. The van der Waals surface area contributed by atoms with Crippen molar-refractivity contribution in [3.63, 3.8) is 0 Å². The average Bonchev–Trinajstić information content (AvgIpc) is 2.92. The number of carbonyl (C=O) groups is 1. The van der Waals surface area contributed by atoms with Crippen molar-refractivity contribution in [3.8, 4) is 0 Å². The molecule has 0 unspecified atom stereocenters. The monoisotopic (exact) mass is 277 g/mol. The lowest BCUT2D eigenvalue weighted by Crippen LogP contribution is -2.33. The van der Waals surface area contributed by atoms with Crippen LogP contribution in [0.25, 0.3) is 0 Å². The number of carbonyl (C=O) groups excluding carboxylic acids is 1. The summed E-state index contributed by atoms with van der Waals surface area (Å²) in [4.78, 5) is 11.7. The summed E-state index contributed by atoms with van der Waals surface area (Å²) in [6, 6.07) is 1.78. The van der Waals surface area contributed by atoms with Gasteiger partial charge in [0, 0.05) is 19.3 Å². The van der Waals surface area contributed by atoms with E-state index in [1.807, 2.05) is 31.5 Å². The van der Waals surface area contributed by atoms with Gasteiger partial charge in [-0.15, -0.1) is 5.10 Å². The molecule has 2 rings (SSSR count). The summed E-state index contributed by atoms with van der Waals surface area (Å²) >= 11 is 0. The zero-order valence-corrected chi connectivity index (χ0v) is 12.1. The minimum atomic E-state index is -0.307. The molecule has 0 saturated carbocycles. The first kappa shape index (κ1) is 14.0. The molecule has 2 amide bonds. The lowest BCUT2D eigenvalue weighted by Gasteiger charge is -2.15. The molecule has 0 aromatic carbocycles. The van der Waals surface area contributed by atoms with Crippen molar-refractivity contribution < 1.29 is 4.79 Å². The van der Waals surface area contributed by atoms with Gasteiger partial charge in [-0.1, -0.05) is 5.21 Å². The fourth-order valence-electron chi connectivity index (χ4n) is 1.98. The van der Waals surface area contributed by atoms with Crippen LogP contribution in [0.15, 0.2) is 12.3 Å². The molecule has 20 heavy (non-hydrogen) atoms. The van der Waals surface area contributed by atoms with E-state index in [0.29, 0.717) is 12.4 Å². The molecule has 0 bridgehead atoms. The summed E-state index contributed by atoms with van der Waals surface area (Å²) in [6.07, 6.45) is 1.63. The van der Waals surface area contributed by atoms with Gasteiger partial charge in [-0.2, -0.15) is 5.10 Å². The highest BCUT2D eigenvalue weighted by molar-refractivity contribution is 5.87. The number of aromatic nitrogens is 5. The third-order valence-corrected chi connectivity index (χ3v) is 2.86. The summed E-state index contributed by atoms with van der Waals surface area (Å²) < 4.78 is 3.42. The number of amides is 2. The Hall–Kier alpha value is -2.38. The van der Waals surface area contributed by atoms with Gasteiger partial charge in [-0.3, -0.25) is 14.7 Å². The molecule has 2 N–H and O–H groups in total. The zero-order valence-electron chi connectivity index (χ0n) is 12.1. The minimum Gasteiger partial charge on any atom is -0.336 e. The molecule has 0 aliphatic rings. The van der Waals surface area contributed by atoms with E-state index in [9.17, 15) is 4.79 Å². The number of hydrogen-bond donors (Lipinski definition) is 2. The Morgan fingerprint density at radius 2 is 2.20 bits per heavy atom. The Kier molecular flexibility index (Phi) is 4.02. The fraction of sp³-hybridized carbons (Fsp3) is 0.500. The van der Waals surface area contributed by atoms with Crippen LogP contribution in [0.4, 0.5) is 10.6 Å². The summed E-state index contributed by atoms with van der Waals surface area (Å²) in [7, 11) is 1.74. The summed E-state index contributed by atoms with van der Waals surface area (Å²) in [5, 5.41) is 17.3. The smallest absolute Gasteiger partial charge is 0.320 e. The molecule has 0 aliphatic carbocycles. The van der Waals surface area contributed by atoms with Gasteiger partial charge in [0.05, 0.1) is 17.9 Å². The molecule has 8 nitrogen and oxygen atoms in total. The van der Waals surface area contributed by atoms with E-state index in [-0.39, 0.29) is 12.1 Å². The second-order valence-electron chi connectivity index (χ2n) is 4.83. The molecular weight excluding hydrogens is 258 g/mol. The normalized spacial score (nSPS) is 12.2. The van der Waals surface area contributed by atoms with E-state index in [4.69, 9.17) is 0 Å². The first-order valence-electron chi connectivity index (χ1n) is 6.39. The highest BCUT2D eigenvalue weighted by Gasteiger charge is 2.11. The van der Waals surface area contributed by atoms with E-state index in [1.54, 1.807) is 13.2 Å². The van der Waals surface area contributed by atoms with E-state index in [1.165, 1.54) is 4.68 Å². The average molecular weight is 277 g/mol. The first-order chi connectivity index (χ1) is 9.45. The third kappa shape index (κ3) is 3.34. The van der Waals surface area contributed by atoms with Crippen molar-refractivity contribution in [1.29, 1.82) is 0 Å². The van der Waals surface area contributed by atoms with Crippen LogP contribution >= 0.6 is 0 Å². The molecule has 0 spiro atoms. The second-order valence-corrected chi connectivity index (χ2v) is 4.83. The van der Waals surface area contributed by atoms with Crippen LogP contribution in [-0.2, 0) is 7.05 Å². The number of nitrogens with one attached hydrogen (secondary N) is 2. The van der Waals surface area contributed by atoms with Crippen LogP contribution in [0, 0.1) is 13.8 Å². The lowest BCUT2D eigenvalue weighted by molar-refractivity contribution is 0.250. The maximum absolute atomic E-state index is 11.7. The van der Waals surface area contributed by atoms with Gasteiger partial charge in [0.2, 0.25) is 0 Å². The molecule has 0 aliphatic heterocycles. The Morgan fingerprint density at radius 3 is 2.75 bits per heavy atom. The van der Waals surface area contributed by atoms with E-state index >= 15 is 0 Å². The SMILES string of the molecule is Cc1cc(C)n([C@H](C)CNC(=O)Nc2cn(C)nn2)n1. The number of aryl methyl sites for hydroxylation is 3. The van der Waals surface area contributed by atoms with Gasteiger partial charge in [-0.05, 0) is 26.8 Å². The quantitative estimate of drug-likeness (QED) is 0.872. The zero-order chi connectivity index (χ0) is 14.7. The third-order valence-electron chi connectivity index (χ3n) is 2.86. The fourth-order valence-corrected chi connectivity index (χ4v) is 1.98. The maximum Gasteiger partial charge on any atom is 0.320 e. The van der Waals surface area contributed by atoms with Gasteiger partial charge < -0.3 is 5.32 Å². The van der Waals surface area contributed by atoms with E-state index in [0.717, 1.165) is 11.4 Å². The molecule has 0 saturated heterocycles. The largest absolute Gasteiger partial charge is 0.336 e. The summed E-state index contributed by atoms with van der Waals surface area (Å²) in [5.74, 6) is 0.420. The van der Waals surface area contributed by atoms with Gasteiger partial charge in [-0.25, -0.2) is 4.79 Å². The summed E-state index contributed by atoms with van der Waals surface area (Å²) in [5.41, 5.74) is 2.05. The molecule has 2 heterocycles. The molecule has 0 radical (unpaired) electrons. The molecule has 0 fully saturated rings. The molecule has 2 aromatic heterocycles. The van der Waals surface area contributed by atoms with Crippen LogP contribution < -0.4 is 10.6 Å². The first-order valence-corrected chi connectivity index (χ1v) is 6.39. The van der Waals surface area contributed by atoms with Crippen LogP contribution in [0.3, 0.4) is 0 Å². The Bertz CT molecular complexity index is 601. The van der Waals surface area contributed by atoms with E-state index in [2.05, 4.69) is 26.0 Å². The number of hydrogen-bond acceptors (Lipinski definition) is 4. The number of anilines is 1. The predicted octanol–water partition coefficient (Wildman–Crippen LogP) is 1.01. The van der Waals surface area contributed by atoms with Gasteiger partial charge in [0.25, 0.3) is 0 Å². The van der Waals surface area contributed by atoms with Crippen molar-refractivity contribution in [2.24, 2.45) is 7.05 Å². The number of urea groups is 1. The van der Waals surface area contributed by atoms with Crippen LogP contribution in [0.5, 0.6) is 0 Å². The standard InChI is InChI=1S/C12H19N7O/c1-8-5-9(2)19(16-8)10(3)6-13-12(20)14-11-7-18(4)17-15-11/h5,7,10H,6H2,1-4H3,(H2,13,14,20)/t10-/m1/s1. The number of nitrogens with zero attached hydrogens (tertiary/aromatic N) is 5. The van der Waals surface area contributed by atoms with Crippen LogP contribution in [-0.4, -0.2) is 37.4 Å². The van der Waals surface area contributed by atoms with Crippen LogP contribution in [0.2, 0.25) is 0 Å². The second kappa shape index (κ2) is 5.72. The van der Waals surface area contributed by atoms with Crippen molar-refractivity contribution >= 4 is 11.8 Å². The molecule has 2 aromatic rings. The topological polar surface area (TPSA) is 89.7 Å². The maximum atomic E-state index is 11.7. The molecular formula is C12H19N7O. The van der Waals surface area contributed by atoms with Gasteiger partial charge >= 0.3 is 6.03 Å². The lowest BCUT2D eigenvalue weighted by atomic mass is 10.3.